The molecule has 1 aliphatic heterocycles. The number of hydrogen-bond donors (Lipinski definition) is 1. The van der Waals surface area contributed by atoms with Gasteiger partial charge in [-0.3, -0.25) is 0 Å². The summed E-state index contributed by atoms with van der Waals surface area (Å²) in [5.41, 5.74) is 1.53. The molecule has 1 aromatic carbocycles. The highest BCUT2D eigenvalue weighted by Gasteiger charge is 2.25. The third-order valence-corrected chi connectivity index (χ3v) is 5.68. The van der Waals surface area contributed by atoms with E-state index in [0.29, 0.717) is 16.2 Å². The van der Waals surface area contributed by atoms with E-state index in [4.69, 9.17) is 4.74 Å². The van der Waals surface area contributed by atoms with Crippen LogP contribution in [-0.4, -0.2) is 46.6 Å². The Morgan fingerprint density at radius 1 is 1.19 bits per heavy atom. The van der Waals surface area contributed by atoms with Crippen molar-refractivity contribution in [3.05, 3.63) is 23.3 Å². The largest absolute Gasteiger partial charge is 0.496 e. The summed E-state index contributed by atoms with van der Waals surface area (Å²) in [6.45, 7) is 5.50. The van der Waals surface area contributed by atoms with Gasteiger partial charge in [-0.1, -0.05) is 0 Å². The van der Waals surface area contributed by atoms with Crippen molar-refractivity contribution < 1.29 is 13.2 Å². The molecule has 0 amide bonds. The summed E-state index contributed by atoms with van der Waals surface area (Å²) in [5, 5.41) is 0. The Kier molecular flexibility index (Phi) is 4.91. The molecule has 1 aliphatic rings. The van der Waals surface area contributed by atoms with Crippen molar-refractivity contribution in [2.24, 2.45) is 0 Å². The highest BCUT2D eigenvalue weighted by atomic mass is 32.2. The molecule has 0 saturated carbocycles. The van der Waals surface area contributed by atoms with Crippen LogP contribution in [0.5, 0.6) is 5.75 Å². The third kappa shape index (κ3) is 3.75. The predicted octanol–water partition coefficient (Wildman–Crippen LogP) is 1.68. The minimum atomic E-state index is -3.48. The van der Waals surface area contributed by atoms with E-state index in [1.165, 1.54) is 0 Å². The summed E-state index contributed by atoms with van der Waals surface area (Å²) in [6, 6.07) is 3.48. The fraction of sp³-hybridized carbons (Fsp3) is 0.600. The van der Waals surface area contributed by atoms with Gasteiger partial charge in [0.25, 0.3) is 0 Å². The van der Waals surface area contributed by atoms with Gasteiger partial charge in [-0.2, -0.15) is 0 Å². The number of sulfonamides is 1. The van der Waals surface area contributed by atoms with Crippen LogP contribution in [0.3, 0.4) is 0 Å². The van der Waals surface area contributed by atoms with Crippen molar-refractivity contribution in [3.8, 4) is 5.75 Å². The van der Waals surface area contributed by atoms with Crippen molar-refractivity contribution in [1.29, 1.82) is 0 Å². The quantitative estimate of drug-likeness (QED) is 0.919. The van der Waals surface area contributed by atoms with Crippen molar-refractivity contribution in [2.45, 2.75) is 37.6 Å². The molecule has 0 radical (unpaired) electrons. The average molecular weight is 312 g/mol. The number of rotatable bonds is 4. The molecule has 0 aromatic heterocycles. The van der Waals surface area contributed by atoms with E-state index in [-0.39, 0.29) is 6.04 Å². The molecule has 1 fully saturated rings. The summed E-state index contributed by atoms with van der Waals surface area (Å²) >= 11 is 0. The van der Waals surface area contributed by atoms with Gasteiger partial charge in [-0.15, -0.1) is 0 Å². The van der Waals surface area contributed by atoms with Gasteiger partial charge in [0.2, 0.25) is 10.0 Å². The van der Waals surface area contributed by atoms with Gasteiger partial charge in [-0.05, 0) is 70.1 Å². The van der Waals surface area contributed by atoms with Crippen LogP contribution in [0.25, 0.3) is 0 Å². The first kappa shape index (κ1) is 16.3. The van der Waals surface area contributed by atoms with E-state index in [9.17, 15) is 8.42 Å². The van der Waals surface area contributed by atoms with Crippen LogP contribution < -0.4 is 9.46 Å². The number of ether oxygens (including phenoxy) is 1. The van der Waals surface area contributed by atoms with Crippen LogP contribution in [0.2, 0.25) is 0 Å². The smallest absolute Gasteiger partial charge is 0.241 e. The first-order chi connectivity index (χ1) is 9.83. The number of nitrogens with zero attached hydrogens (tertiary/aromatic N) is 1. The molecular weight excluding hydrogens is 288 g/mol. The fourth-order valence-corrected chi connectivity index (χ4v) is 4.30. The normalized spacial score (nSPS) is 17.9. The van der Waals surface area contributed by atoms with E-state index >= 15 is 0 Å². The number of likely N-dealkylation sites (tertiary alicyclic amines) is 1. The Morgan fingerprint density at radius 2 is 1.81 bits per heavy atom. The van der Waals surface area contributed by atoms with Crippen molar-refractivity contribution in [3.63, 3.8) is 0 Å². The van der Waals surface area contributed by atoms with Crippen LogP contribution >= 0.6 is 0 Å². The zero-order valence-corrected chi connectivity index (χ0v) is 14.0. The molecule has 0 atom stereocenters. The first-order valence-corrected chi connectivity index (χ1v) is 8.68. The van der Waals surface area contributed by atoms with E-state index < -0.39 is 10.0 Å². The second kappa shape index (κ2) is 6.34. The molecule has 1 heterocycles. The topological polar surface area (TPSA) is 58.6 Å². The maximum absolute atomic E-state index is 12.6. The van der Waals surface area contributed by atoms with E-state index in [0.717, 1.165) is 31.5 Å². The molecule has 5 nitrogen and oxygen atoms in total. The predicted molar refractivity (Wildman–Crippen MR) is 83.3 cm³/mol. The van der Waals surface area contributed by atoms with Crippen molar-refractivity contribution in [2.75, 3.05) is 27.2 Å². The van der Waals surface area contributed by atoms with Gasteiger partial charge >= 0.3 is 0 Å². The molecule has 1 saturated heterocycles. The minimum Gasteiger partial charge on any atom is -0.496 e. The van der Waals surface area contributed by atoms with E-state index in [1.807, 2.05) is 6.92 Å². The average Bonchev–Trinajstić information content (AvgIpc) is 2.43. The summed E-state index contributed by atoms with van der Waals surface area (Å²) < 4.78 is 33.3. The van der Waals surface area contributed by atoms with Gasteiger partial charge in [0.05, 0.1) is 12.0 Å². The molecule has 118 valence electrons. The van der Waals surface area contributed by atoms with Gasteiger partial charge < -0.3 is 9.64 Å². The highest BCUT2D eigenvalue weighted by Crippen LogP contribution is 2.26. The lowest BCUT2D eigenvalue weighted by atomic mass is 10.1. The summed E-state index contributed by atoms with van der Waals surface area (Å²) in [6.07, 6.45) is 1.70. The summed E-state index contributed by atoms with van der Waals surface area (Å²) in [4.78, 5) is 2.56. The van der Waals surface area contributed by atoms with E-state index in [1.54, 1.807) is 26.2 Å². The lowest BCUT2D eigenvalue weighted by molar-refractivity contribution is 0.248. The van der Waals surface area contributed by atoms with Crippen molar-refractivity contribution >= 4 is 10.0 Å². The Balaban J connectivity index is 2.21. The van der Waals surface area contributed by atoms with Gasteiger partial charge in [0.1, 0.15) is 5.75 Å². The molecule has 0 spiro atoms. The van der Waals surface area contributed by atoms with E-state index in [2.05, 4.69) is 16.7 Å². The number of piperidine rings is 1. The molecule has 6 heteroatoms. The maximum Gasteiger partial charge on any atom is 0.241 e. The number of hydrogen-bond acceptors (Lipinski definition) is 4. The number of methoxy groups -OCH3 is 1. The molecule has 1 aromatic rings. The zero-order valence-electron chi connectivity index (χ0n) is 13.1. The van der Waals surface area contributed by atoms with Crippen LogP contribution in [0.4, 0.5) is 0 Å². The molecule has 2 rings (SSSR count). The van der Waals surface area contributed by atoms with Crippen LogP contribution in [0, 0.1) is 13.8 Å². The third-order valence-electron chi connectivity index (χ3n) is 4.02. The number of aryl methyl sites for hydroxylation is 2. The van der Waals surface area contributed by atoms with Crippen LogP contribution in [0.15, 0.2) is 17.0 Å². The summed E-state index contributed by atoms with van der Waals surface area (Å²) in [5.74, 6) is 0.714. The van der Waals surface area contributed by atoms with Gasteiger partial charge in [0, 0.05) is 6.04 Å². The van der Waals surface area contributed by atoms with Crippen LogP contribution in [-0.2, 0) is 10.0 Å². The first-order valence-electron chi connectivity index (χ1n) is 7.19. The number of benzene rings is 1. The maximum atomic E-state index is 12.6. The minimum absolute atomic E-state index is 0.0213. The molecule has 0 bridgehead atoms. The SMILES string of the molecule is COc1cc(C)c(S(=O)(=O)NC2CCN(C)CC2)cc1C. The lowest BCUT2D eigenvalue weighted by Crippen LogP contribution is -2.43. The van der Waals surface area contributed by atoms with Crippen LogP contribution in [0.1, 0.15) is 24.0 Å². The standard InChI is InChI=1S/C15H24N2O3S/c1-11-10-15(12(2)9-14(11)20-4)21(18,19)16-13-5-7-17(3)8-6-13/h9-10,13,16H,5-8H2,1-4H3. The Bertz CT molecular complexity index is 606. The second-order valence-electron chi connectivity index (χ2n) is 5.79. The number of nitrogens with one attached hydrogen (secondary N) is 1. The Hall–Kier alpha value is -1.11. The van der Waals surface area contributed by atoms with Crippen molar-refractivity contribution in [1.82, 2.24) is 9.62 Å². The second-order valence-corrected chi connectivity index (χ2v) is 7.47. The molecule has 0 aliphatic carbocycles. The Labute approximate surface area is 127 Å². The molecular formula is C15H24N2O3S. The Morgan fingerprint density at radius 3 is 2.38 bits per heavy atom. The summed E-state index contributed by atoms with van der Waals surface area (Å²) in [7, 11) is 0.168. The monoisotopic (exact) mass is 312 g/mol. The zero-order chi connectivity index (χ0) is 15.6. The molecule has 21 heavy (non-hydrogen) atoms. The molecule has 0 unspecified atom stereocenters. The van der Waals surface area contributed by atoms with Gasteiger partial charge in [0.15, 0.2) is 0 Å². The highest BCUT2D eigenvalue weighted by molar-refractivity contribution is 7.89. The lowest BCUT2D eigenvalue weighted by Gasteiger charge is -2.29. The fourth-order valence-electron chi connectivity index (χ4n) is 2.68. The molecule has 1 N–H and O–H groups in total. The van der Waals surface area contributed by atoms with Gasteiger partial charge in [-0.25, -0.2) is 13.1 Å².